The standard InChI is InChI=1S/C28H19ClF3N7O2/c29-19-11-23(25(33)35-13-19)16-3-6-21(7-4-16)41-27-36-14-20(15-37-27)38-26(40)39-24-8-5-18(28(30,31)32)10-22(24)17-2-1-9-34-12-17/h1-15H,(H2,33,35)(H2,38,39,40). The molecule has 0 bridgehead atoms. The summed E-state index contributed by atoms with van der Waals surface area (Å²) < 4.78 is 45.6. The number of urea groups is 1. The molecule has 3 heterocycles. The number of aromatic nitrogens is 4. The molecule has 3 aromatic heterocycles. The van der Waals surface area contributed by atoms with Crippen molar-refractivity contribution in [1.82, 2.24) is 19.9 Å². The molecule has 5 rings (SSSR count). The topological polar surface area (TPSA) is 128 Å². The van der Waals surface area contributed by atoms with E-state index in [0.717, 1.165) is 17.7 Å². The summed E-state index contributed by atoms with van der Waals surface area (Å²) in [5.74, 6) is 0.788. The highest BCUT2D eigenvalue weighted by molar-refractivity contribution is 6.30. The van der Waals surface area contributed by atoms with Gasteiger partial charge in [0.2, 0.25) is 0 Å². The summed E-state index contributed by atoms with van der Waals surface area (Å²) in [6.45, 7) is 0. The zero-order chi connectivity index (χ0) is 29.0. The lowest BCUT2D eigenvalue weighted by molar-refractivity contribution is -0.137. The molecule has 5 aromatic rings. The van der Waals surface area contributed by atoms with E-state index < -0.39 is 17.8 Å². The number of nitrogens with two attached hydrogens (primary N) is 1. The second kappa shape index (κ2) is 11.5. The average Bonchev–Trinajstić information content (AvgIpc) is 2.96. The van der Waals surface area contributed by atoms with E-state index in [4.69, 9.17) is 22.1 Å². The summed E-state index contributed by atoms with van der Waals surface area (Å²) >= 11 is 6.01. The van der Waals surface area contributed by atoms with Crippen molar-refractivity contribution in [2.75, 3.05) is 16.4 Å². The Morgan fingerprint density at radius 2 is 1.61 bits per heavy atom. The summed E-state index contributed by atoms with van der Waals surface area (Å²) in [5.41, 5.74) is 7.48. The van der Waals surface area contributed by atoms with Gasteiger partial charge in [-0.3, -0.25) is 4.98 Å². The lowest BCUT2D eigenvalue weighted by atomic mass is 10.0. The number of rotatable bonds is 6. The SMILES string of the molecule is Nc1ncc(Cl)cc1-c1ccc(Oc2ncc(NC(=O)Nc3ccc(C(F)(F)F)cc3-c3cccnc3)cn2)cc1. The van der Waals surface area contributed by atoms with Gasteiger partial charge < -0.3 is 21.1 Å². The molecule has 0 aliphatic rings. The molecule has 2 amide bonds. The summed E-state index contributed by atoms with van der Waals surface area (Å²) in [5, 5.41) is 5.56. The predicted molar refractivity (Wildman–Crippen MR) is 149 cm³/mol. The van der Waals surface area contributed by atoms with Crippen molar-refractivity contribution in [2.24, 2.45) is 0 Å². The molecule has 206 valence electrons. The Bertz CT molecular complexity index is 1680. The maximum atomic E-state index is 13.3. The van der Waals surface area contributed by atoms with Crippen LogP contribution in [0.25, 0.3) is 22.3 Å². The van der Waals surface area contributed by atoms with Crippen molar-refractivity contribution in [1.29, 1.82) is 0 Å². The number of nitrogen functional groups attached to an aromatic ring is 1. The number of alkyl halides is 3. The molecule has 0 spiro atoms. The van der Waals surface area contributed by atoms with Gasteiger partial charge in [0.1, 0.15) is 11.6 Å². The molecular weight excluding hydrogens is 559 g/mol. The third-order valence-corrected chi connectivity index (χ3v) is 5.92. The van der Waals surface area contributed by atoms with Crippen LogP contribution in [0.1, 0.15) is 5.56 Å². The predicted octanol–water partition coefficient (Wildman–Crippen LogP) is 7.29. The van der Waals surface area contributed by atoms with Gasteiger partial charge in [-0.05, 0) is 48.0 Å². The lowest BCUT2D eigenvalue weighted by Gasteiger charge is -2.15. The van der Waals surface area contributed by atoms with Crippen molar-refractivity contribution in [3.05, 3.63) is 102 Å². The number of amides is 2. The minimum Gasteiger partial charge on any atom is -0.424 e. The largest absolute Gasteiger partial charge is 0.424 e. The molecule has 9 nitrogen and oxygen atoms in total. The molecule has 4 N–H and O–H groups in total. The number of pyridine rings is 2. The molecule has 13 heteroatoms. The number of halogens is 4. The molecule has 0 unspecified atom stereocenters. The molecule has 0 atom stereocenters. The van der Waals surface area contributed by atoms with Gasteiger partial charge in [-0.2, -0.15) is 13.2 Å². The highest BCUT2D eigenvalue weighted by atomic mass is 35.5. The van der Waals surface area contributed by atoms with Gasteiger partial charge in [-0.1, -0.05) is 29.8 Å². The Morgan fingerprint density at radius 1 is 0.854 bits per heavy atom. The number of carbonyl (C=O) groups is 1. The van der Waals surface area contributed by atoms with Gasteiger partial charge in [0.15, 0.2) is 0 Å². The van der Waals surface area contributed by atoms with Gasteiger partial charge in [-0.15, -0.1) is 0 Å². The molecule has 0 fully saturated rings. The van der Waals surface area contributed by atoms with E-state index in [1.807, 2.05) is 0 Å². The van der Waals surface area contributed by atoms with E-state index in [0.29, 0.717) is 27.7 Å². The Kier molecular flexibility index (Phi) is 7.66. The number of hydrogen-bond donors (Lipinski definition) is 3. The van der Waals surface area contributed by atoms with Crippen LogP contribution in [0.15, 0.2) is 91.6 Å². The maximum Gasteiger partial charge on any atom is 0.416 e. The Labute approximate surface area is 236 Å². The summed E-state index contributed by atoms with van der Waals surface area (Å²) in [7, 11) is 0. The number of nitrogens with one attached hydrogen (secondary N) is 2. The van der Waals surface area contributed by atoms with Crippen LogP contribution in [0.2, 0.25) is 5.02 Å². The number of benzene rings is 2. The zero-order valence-corrected chi connectivity index (χ0v) is 21.6. The molecule has 0 aliphatic carbocycles. The first-order chi connectivity index (χ1) is 19.7. The van der Waals surface area contributed by atoms with Crippen molar-refractivity contribution in [3.8, 4) is 34.0 Å². The van der Waals surface area contributed by atoms with E-state index in [-0.39, 0.29) is 22.9 Å². The van der Waals surface area contributed by atoms with E-state index in [1.165, 1.54) is 37.1 Å². The monoisotopic (exact) mass is 577 g/mol. The van der Waals surface area contributed by atoms with Crippen molar-refractivity contribution >= 4 is 34.8 Å². The van der Waals surface area contributed by atoms with Crippen LogP contribution in [0.3, 0.4) is 0 Å². The minimum absolute atomic E-state index is 0.0225. The van der Waals surface area contributed by atoms with Gasteiger partial charge in [0, 0.05) is 35.3 Å². The number of ether oxygens (including phenoxy) is 1. The first kappa shape index (κ1) is 27.3. The van der Waals surface area contributed by atoms with E-state index >= 15 is 0 Å². The Morgan fingerprint density at radius 3 is 2.29 bits per heavy atom. The van der Waals surface area contributed by atoms with Crippen LogP contribution in [-0.4, -0.2) is 26.0 Å². The first-order valence-electron chi connectivity index (χ1n) is 11.9. The number of carbonyl (C=O) groups excluding carboxylic acids is 1. The molecule has 41 heavy (non-hydrogen) atoms. The third-order valence-electron chi connectivity index (χ3n) is 5.71. The molecule has 0 saturated heterocycles. The fourth-order valence-corrected chi connectivity index (χ4v) is 3.96. The second-order valence-electron chi connectivity index (χ2n) is 8.55. The molecule has 2 aromatic carbocycles. The quantitative estimate of drug-likeness (QED) is 0.193. The average molecular weight is 578 g/mol. The fraction of sp³-hybridized carbons (Fsp3) is 0.0357. The molecule has 0 aliphatic heterocycles. The van der Waals surface area contributed by atoms with Crippen molar-refractivity contribution in [2.45, 2.75) is 6.18 Å². The van der Waals surface area contributed by atoms with Gasteiger partial charge in [0.05, 0.1) is 34.4 Å². The van der Waals surface area contributed by atoms with Crippen LogP contribution in [0.4, 0.5) is 35.2 Å². The van der Waals surface area contributed by atoms with Gasteiger partial charge >= 0.3 is 18.2 Å². The fourth-order valence-electron chi connectivity index (χ4n) is 3.80. The number of anilines is 3. The molecule has 0 saturated carbocycles. The van der Waals surface area contributed by atoms with Gasteiger partial charge in [-0.25, -0.2) is 19.7 Å². The Balaban J connectivity index is 1.25. The summed E-state index contributed by atoms with van der Waals surface area (Å²) in [6, 6.07) is 14.2. The molecule has 0 radical (unpaired) electrons. The van der Waals surface area contributed by atoms with Crippen LogP contribution >= 0.6 is 11.6 Å². The van der Waals surface area contributed by atoms with Gasteiger partial charge in [0.25, 0.3) is 0 Å². The highest BCUT2D eigenvalue weighted by Gasteiger charge is 2.31. The van der Waals surface area contributed by atoms with E-state index in [9.17, 15) is 18.0 Å². The van der Waals surface area contributed by atoms with Crippen molar-refractivity contribution < 1.29 is 22.7 Å². The number of hydrogen-bond acceptors (Lipinski definition) is 7. The second-order valence-corrected chi connectivity index (χ2v) is 8.98. The van der Waals surface area contributed by atoms with Crippen LogP contribution < -0.4 is 21.1 Å². The third kappa shape index (κ3) is 6.68. The lowest BCUT2D eigenvalue weighted by Crippen LogP contribution is -2.20. The Hall–Kier alpha value is -5.23. The normalized spacial score (nSPS) is 11.1. The summed E-state index contributed by atoms with van der Waals surface area (Å²) in [6.07, 6.45) is 2.46. The summed E-state index contributed by atoms with van der Waals surface area (Å²) in [4.78, 5) is 28.8. The van der Waals surface area contributed by atoms with Crippen molar-refractivity contribution in [3.63, 3.8) is 0 Å². The van der Waals surface area contributed by atoms with Crippen LogP contribution in [0.5, 0.6) is 11.8 Å². The minimum atomic E-state index is -4.55. The highest BCUT2D eigenvalue weighted by Crippen LogP contribution is 2.36. The molecular formula is C28H19ClF3N7O2. The van der Waals surface area contributed by atoms with E-state index in [1.54, 1.807) is 42.5 Å². The first-order valence-corrected chi connectivity index (χ1v) is 12.2. The smallest absolute Gasteiger partial charge is 0.416 e. The number of nitrogens with zero attached hydrogens (tertiary/aromatic N) is 4. The van der Waals surface area contributed by atoms with Crippen LogP contribution in [0, 0.1) is 0 Å². The zero-order valence-electron chi connectivity index (χ0n) is 20.9. The maximum absolute atomic E-state index is 13.3. The van der Waals surface area contributed by atoms with E-state index in [2.05, 4.69) is 30.6 Å². The van der Waals surface area contributed by atoms with Crippen LogP contribution in [-0.2, 0) is 6.18 Å².